The Hall–Kier alpha value is -2.98. The van der Waals surface area contributed by atoms with E-state index in [2.05, 4.69) is 15.4 Å². The third-order valence-electron chi connectivity index (χ3n) is 6.07. The second kappa shape index (κ2) is 11.6. The van der Waals surface area contributed by atoms with Gasteiger partial charge in [0.25, 0.3) is 0 Å². The number of nitrogens with one attached hydrogen (secondary N) is 1. The molecular weight excluding hydrogens is 491 g/mol. The summed E-state index contributed by atoms with van der Waals surface area (Å²) in [7, 11) is 5.18. The van der Waals surface area contributed by atoms with Crippen molar-refractivity contribution in [2.45, 2.75) is 31.2 Å². The molecule has 0 saturated carbocycles. The van der Waals surface area contributed by atoms with Crippen molar-refractivity contribution in [2.75, 3.05) is 33.7 Å². The van der Waals surface area contributed by atoms with E-state index >= 15 is 0 Å². The Morgan fingerprint density at radius 3 is 2.57 bits per heavy atom. The molecule has 2 heterocycles. The number of likely N-dealkylation sites (tertiary alicyclic amines) is 1. The maximum atomic E-state index is 12.7. The van der Waals surface area contributed by atoms with Gasteiger partial charge in [-0.15, -0.1) is 0 Å². The number of carbonyl (C=O) groups excluding carboxylic acids is 2. The van der Waals surface area contributed by atoms with Crippen LogP contribution in [-0.2, 0) is 11.8 Å². The Morgan fingerprint density at radius 2 is 1.94 bits per heavy atom. The fourth-order valence-corrected chi connectivity index (χ4v) is 4.62. The molecule has 35 heavy (non-hydrogen) atoms. The number of nitrogens with zero attached hydrogens (tertiary/aromatic N) is 5. The Labute approximate surface area is 215 Å². The van der Waals surface area contributed by atoms with Gasteiger partial charge in [-0.1, -0.05) is 35.3 Å². The molecule has 12 heteroatoms. The van der Waals surface area contributed by atoms with E-state index in [1.165, 1.54) is 4.90 Å². The molecule has 0 bridgehead atoms. The summed E-state index contributed by atoms with van der Waals surface area (Å²) in [6.07, 6.45) is 1.93. The minimum Gasteiger partial charge on any atom is -0.370 e. The standard InChI is InChI=1S/C23H32Cl2N8O2/c1-31(2)21(34)17(29-22(26)27)7-10-28-23(35)33-11-8-14(9-12-33)19-13-18(30-32(19)3)15-5-4-6-16(24)20(15)25/h4-6,13-14,17H,7-12H2,1-3H3,(H,28,35)(H4,26,27,29)/t17-/m0/s1. The summed E-state index contributed by atoms with van der Waals surface area (Å²) in [5.41, 5.74) is 13.6. The van der Waals surface area contributed by atoms with E-state index in [4.69, 9.17) is 34.7 Å². The second-order valence-electron chi connectivity index (χ2n) is 8.76. The molecule has 0 unspecified atom stereocenters. The number of urea groups is 1. The van der Waals surface area contributed by atoms with Crippen molar-refractivity contribution in [1.82, 2.24) is 24.9 Å². The SMILES string of the molecule is CN(C)C(=O)[C@H](CCNC(=O)N1CCC(c2cc(-c3cccc(Cl)c3Cl)nn2C)CC1)N=C(N)N. The highest BCUT2D eigenvalue weighted by Crippen LogP contribution is 2.35. The number of carbonyl (C=O) groups is 2. The van der Waals surface area contributed by atoms with Crippen LogP contribution in [0.1, 0.15) is 30.9 Å². The Morgan fingerprint density at radius 1 is 1.26 bits per heavy atom. The van der Waals surface area contributed by atoms with Gasteiger partial charge >= 0.3 is 6.03 Å². The van der Waals surface area contributed by atoms with Crippen molar-refractivity contribution < 1.29 is 9.59 Å². The molecule has 1 saturated heterocycles. The summed E-state index contributed by atoms with van der Waals surface area (Å²) in [6.45, 7) is 1.51. The number of hydrogen-bond donors (Lipinski definition) is 3. The molecule has 3 amide bonds. The number of hydrogen-bond acceptors (Lipinski definition) is 4. The van der Waals surface area contributed by atoms with Gasteiger partial charge in [-0.25, -0.2) is 9.79 Å². The topological polar surface area (TPSA) is 135 Å². The van der Waals surface area contributed by atoms with Crippen LogP contribution in [0.25, 0.3) is 11.3 Å². The molecule has 5 N–H and O–H groups in total. The van der Waals surface area contributed by atoms with Crippen molar-refractivity contribution in [3.8, 4) is 11.3 Å². The van der Waals surface area contributed by atoms with E-state index in [9.17, 15) is 9.59 Å². The van der Waals surface area contributed by atoms with Crippen LogP contribution < -0.4 is 16.8 Å². The predicted molar refractivity (Wildman–Crippen MR) is 139 cm³/mol. The lowest BCUT2D eigenvalue weighted by atomic mass is 9.93. The van der Waals surface area contributed by atoms with Gasteiger partial charge in [0.05, 0.1) is 15.7 Å². The van der Waals surface area contributed by atoms with E-state index in [0.29, 0.717) is 29.6 Å². The van der Waals surface area contributed by atoms with Gasteiger partial charge in [-0.2, -0.15) is 5.10 Å². The predicted octanol–water partition coefficient (Wildman–Crippen LogP) is 2.40. The van der Waals surface area contributed by atoms with E-state index in [-0.39, 0.29) is 30.4 Å². The molecule has 1 aliphatic rings. The zero-order valence-electron chi connectivity index (χ0n) is 20.2. The molecule has 3 rings (SSSR count). The van der Waals surface area contributed by atoms with Gasteiger partial charge in [0.1, 0.15) is 6.04 Å². The molecule has 0 spiro atoms. The van der Waals surface area contributed by atoms with Crippen molar-refractivity contribution >= 4 is 41.1 Å². The van der Waals surface area contributed by atoms with Crippen LogP contribution in [0, 0.1) is 0 Å². The minimum absolute atomic E-state index is 0.158. The Kier molecular flexibility index (Phi) is 8.85. The second-order valence-corrected chi connectivity index (χ2v) is 9.55. The van der Waals surface area contributed by atoms with Gasteiger partial charge in [0.2, 0.25) is 5.91 Å². The molecule has 0 radical (unpaired) electrons. The smallest absolute Gasteiger partial charge is 0.317 e. The molecule has 1 atom stereocenters. The number of piperidine rings is 1. The third-order valence-corrected chi connectivity index (χ3v) is 6.89. The van der Waals surface area contributed by atoms with Crippen LogP contribution in [-0.4, -0.2) is 77.2 Å². The molecule has 1 aromatic heterocycles. The fourth-order valence-electron chi connectivity index (χ4n) is 4.22. The summed E-state index contributed by atoms with van der Waals surface area (Å²) in [5.74, 6) is -0.107. The number of aryl methyl sites for hydroxylation is 1. The molecule has 10 nitrogen and oxygen atoms in total. The largest absolute Gasteiger partial charge is 0.370 e. The number of likely N-dealkylation sites (N-methyl/N-ethyl adjacent to an activating group) is 1. The summed E-state index contributed by atoms with van der Waals surface area (Å²) >= 11 is 12.5. The minimum atomic E-state index is -0.729. The number of amides is 3. The molecule has 190 valence electrons. The van der Waals surface area contributed by atoms with E-state index < -0.39 is 6.04 Å². The number of aliphatic imine (C=N–C) groups is 1. The zero-order chi connectivity index (χ0) is 25.7. The highest BCUT2D eigenvalue weighted by Gasteiger charge is 2.27. The van der Waals surface area contributed by atoms with Gasteiger partial charge < -0.3 is 26.6 Å². The Balaban J connectivity index is 1.55. The molecule has 1 fully saturated rings. The first kappa shape index (κ1) is 26.6. The van der Waals surface area contributed by atoms with Gasteiger partial charge in [-0.05, 0) is 31.4 Å². The number of guanidine groups is 1. The highest BCUT2D eigenvalue weighted by atomic mass is 35.5. The lowest BCUT2D eigenvalue weighted by molar-refractivity contribution is -0.130. The first-order chi connectivity index (χ1) is 16.6. The zero-order valence-corrected chi connectivity index (χ0v) is 21.7. The van der Waals surface area contributed by atoms with E-state index in [1.54, 1.807) is 25.1 Å². The molecular formula is C23H32Cl2N8O2. The lowest BCUT2D eigenvalue weighted by Gasteiger charge is -2.32. The summed E-state index contributed by atoms with van der Waals surface area (Å²) in [5, 5.41) is 8.49. The highest BCUT2D eigenvalue weighted by molar-refractivity contribution is 6.43. The number of nitrogens with two attached hydrogens (primary N) is 2. The Bertz CT molecular complexity index is 1090. The number of benzene rings is 1. The molecule has 1 aliphatic heterocycles. The fraction of sp³-hybridized carbons (Fsp3) is 0.478. The number of rotatable bonds is 7. The normalized spacial score (nSPS) is 14.9. The number of halogens is 2. The van der Waals surface area contributed by atoms with Crippen LogP contribution in [0.4, 0.5) is 4.79 Å². The van der Waals surface area contributed by atoms with Gasteiger partial charge in [0.15, 0.2) is 5.96 Å². The van der Waals surface area contributed by atoms with Crippen molar-refractivity contribution in [3.05, 3.63) is 40.0 Å². The summed E-state index contributed by atoms with van der Waals surface area (Å²) in [6, 6.07) is 6.65. The summed E-state index contributed by atoms with van der Waals surface area (Å²) in [4.78, 5) is 32.1. The van der Waals surface area contributed by atoms with Crippen molar-refractivity contribution in [3.63, 3.8) is 0 Å². The van der Waals surface area contributed by atoms with Crippen LogP contribution in [0.15, 0.2) is 29.3 Å². The molecule has 1 aromatic carbocycles. The quantitative estimate of drug-likeness (QED) is 0.379. The molecule has 0 aliphatic carbocycles. The first-order valence-electron chi connectivity index (χ1n) is 11.4. The maximum absolute atomic E-state index is 12.7. The van der Waals surface area contributed by atoms with Crippen molar-refractivity contribution in [2.24, 2.45) is 23.5 Å². The average molecular weight is 523 g/mol. The maximum Gasteiger partial charge on any atom is 0.317 e. The number of aromatic nitrogens is 2. The van der Waals surface area contributed by atoms with Crippen molar-refractivity contribution in [1.29, 1.82) is 0 Å². The summed E-state index contributed by atoms with van der Waals surface area (Å²) < 4.78 is 1.87. The molecule has 2 aromatic rings. The van der Waals surface area contributed by atoms with Crippen LogP contribution in [0.5, 0.6) is 0 Å². The average Bonchev–Trinajstić information content (AvgIpc) is 3.20. The van der Waals surface area contributed by atoms with Gasteiger partial charge in [0, 0.05) is 58.0 Å². The van der Waals surface area contributed by atoms with Crippen LogP contribution >= 0.6 is 23.2 Å². The van der Waals surface area contributed by atoms with E-state index in [1.807, 2.05) is 29.9 Å². The van der Waals surface area contributed by atoms with E-state index in [0.717, 1.165) is 29.8 Å². The first-order valence-corrected chi connectivity index (χ1v) is 12.1. The third kappa shape index (κ3) is 6.58. The van der Waals surface area contributed by atoms with Gasteiger partial charge in [-0.3, -0.25) is 9.48 Å². The monoisotopic (exact) mass is 522 g/mol. The van der Waals surface area contributed by atoms with Crippen LogP contribution in [0.2, 0.25) is 10.0 Å². The van der Waals surface area contributed by atoms with Crippen LogP contribution in [0.3, 0.4) is 0 Å². The lowest BCUT2D eigenvalue weighted by Crippen LogP contribution is -2.45.